The molecule has 4 nitrogen and oxygen atoms in total. The Kier molecular flexibility index (Phi) is 6.68. The van der Waals surface area contributed by atoms with Gasteiger partial charge >= 0.3 is 0 Å². The van der Waals surface area contributed by atoms with Gasteiger partial charge in [-0.25, -0.2) is 13.1 Å². The Balaban J connectivity index is 2.61. The quantitative estimate of drug-likeness (QED) is 0.775. The van der Waals surface area contributed by atoms with Crippen molar-refractivity contribution in [3.8, 4) is 0 Å². The number of hydrogen-bond donors (Lipinski definition) is 2. The summed E-state index contributed by atoms with van der Waals surface area (Å²) in [7, 11) is -3.38. The standard InChI is InChI=1S/C13H22N2O2S2/c1-4-14-12-5-7-13(8-6-12)19(16,17)15-10-9-11(2)18-3/h5-8,11,14-15H,4,9-10H2,1-3H3. The van der Waals surface area contributed by atoms with Crippen LogP contribution in [0.1, 0.15) is 20.3 Å². The lowest BCUT2D eigenvalue weighted by molar-refractivity contribution is 0.579. The van der Waals surface area contributed by atoms with Gasteiger partial charge in [0, 0.05) is 24.0 Å². The van der Waals surface area contributed by atoms with Crippen LogP contribution in [-0.4, -0.2) is 33.0 Å². The summed E-state index contributed by atoms with van der Waals surface area (Å²) in [5, 5.41) is 3.59. The zero-order chi connectivity index (χ0) is 14.3. The molecule has 1 aromatic rings. The monoisotopic (exact) mass is 302 g/mol. The fourth-order valence-electron chi connectivity index (χ4n) is 1.55. The molecule has 1 atom stereocenters. The first-order chi connectivity index (χ1) is 8.99. The van der Waals surface area contributed by atoms with Crippen LogP contribution in [0.3, 0.4) is 0 Å². The topological polar surface area (TPSA) is 58.2 Å². The highest BCUT2D eigenvalue weighted by Gasteiger charge is 2.13. The maximum Gasteiger partial charge on any atom is 0.240 e. The van der Waals surface area contributed by atoms with Crippen molar-refractivity contribution in [3.05, 3.63) is 24.3 Å². The number of thioether (sulfide) groups is 1. The molecule has 108 valence electrons. The summed E-state index contributed by atoms with van der Waals surface area (Å²) in [5.74, 6) is 0. The fourth-order valence-corrected chi connectivity index (χ4v) is 2.95. The summed E-state index contributed by atoms with van der Waals surface area (Å²) in [6, 6.07) is 6.81. The lowest BCUT2D eigenvalue weighted by Gasteiger charge is -2.10. The number of nitrogens with one attached hydrogen (secondary N) is 2. The molecule has 0 heterocycles. The first-order valence-corrected chi connectivity index (χ1v) is 9.13. The van der Waals surface area contributed by atoms with E-state index in [0.29, 0.717) is 16.7 Å². The van der Waals surface area contributed by atoms with Crippen LogP contribution in [0, 0.1) is 0 Å². The summed E-state index contributed by atoms with van der Waals surface area (Å²) in [6.07, 6.45) is 2.86. The van der Waals surface area contributed by atoms with Crippen LogP contribution in [0.2, 0.25) is 0 Å². The van der Waals surface area contributed by atoms with Crippen molar-refractivity contribution >= 4 is 27.5 Å². The van der Waals surface area contributed by atoms with Crippen molar-refractivity contribution < 1.29 is 8.42 Å². The zero-order valence-electron chi connectivity index (χ0n) is 11.6. The third kappa shape index (κ3) is 5.42. The largest absolute Gasteiger partial charge is 0.385 e. The zero-order valence-corrected chi connectivity index (χ0v) is 13.3. The lowest BCUT2D eigenvalue weighted by atomic mass is 10.3. The molecule has 1 rings (SSSR count). The first-order valence-electron chi connectivity index (χ1n) is 6.36. The van der Waals surface area contributed by atoms with Gasteiger partial charge in [-0.2, -0.15) is 11.8 Å². The number of benzene rings is 1. The van der Waals surface area contributed by atoms with Crippen molar-refractivity contribution in [2.75, 3.05) is 24.7 Å². The molecule has 0 spiro atoms. The van der Waals surface area contributed by atoms with Crippen molar-refractivity contribution in [2.45, 2.75) is 30.4 Å². The minimum atomic E-state index is -3.38. The van der Waals surface area contributed by atoms with Gasteiger partial charge in [-0.3, -0.25) is 0 Å². The SMILES string of the molecule is CCNc1ccc(S(=O)(=O)NCCC(C)SC)cc1. The predicted molar refractivity (Wildman–Crippen MR) is 83.4 cm³/mol. The van der Waals surface area contributed by atoms with E-state index in [9.17, 15) is 8.42 Å². The third-order valence-electron chi connectivity index (χ3n) is 2.79. The fraction of sp³-hybridized carbons (Fsp3) is 0.538. The molecule has 0 aliphatic heterocycles. The number of sulfonamides is 1. The average Bonchev–Trinajstić information content (AvgIpc) is 2.39. The predicted octanol–water partition coefficient (Wildman–Crippen LogP) is 2.54. The van der Waals surface area contributed by atoms with Crippen LogP contribution in [0.25, 0.3) is 0 Å². The molecule has 0 saturated heterocycles. The lowest BCUT2D eigenvalue weighted by Crippen LogP contribution is -2.26. The van der Waals surface area contributed by atoms with E-state index in [-0.39, 0.29) is 0 Å². The molecule has 0 aliphatic carbocycles. The molecule has 0 bridgehead atoms. The molecule has 0 radical (unpaired) electrons. The second kappa shape index (κ2) is 7.77. The molecule has 0 fully saturated rings. The van der Waals surface area contributed by atoms with E-state index in [1.54, 1.807) is 36.0 Å². The van der Waals surface area contributed by atoms with Crippen molar-refractivity contribution in [1.82, 2.24) is 4.72 Å². The first kappa shape index (κ1) is 16.3. The Morgan fingerprint density at radius 3 is 2.42 bits per heavy atom. The normalized spacial score (nSPS) is 13.2. The molecule has 1 aromatic carbocycles. The summed E-state index contributed by atoms with van der Waals surface area (Å²) in [4.78, 5) is 0.311. The second-order valence-corrected chi connectivity index (χ2v) is 7.33. The van der Waals surface area contributed by atoms with E-state index in [1.165, 1.54) is 0 Å². The van der Waals surface area contributed by atoms with Gasteiger partial charge in [0.1, 0.15) is 0 Å². The van der Waals surface area contributed by atoms with Gasteiger partial charge in [-0.1, -0.05) is 6.92 Å². The average molecular weight is 302 g/mol. The highest BCUT2D eigenvalue weighted by atomic mass is 32.2. The van der Waals surface area contributed by atoms with E-state index in [1.807, 2.05) is 13.2 Å². The number of hydrogen-bond acceptors (Lipinski definition) is 4. The van der Waals surface area contributed by atoms with Crippen LogP contribution in [0.15, 0.2) is 29.2 Å². The van der Waals surface area contributed by atoms with Crippen LogP contribution in [0.5, 0.6) is 0 Å². The maximum atomic E-state index is 12.0. The second-order valence-electron chi connectivity index (χ2n) is 4.29. The van der Waals surface area contributed by atoms with Crippen molar-refractivity contribution in [3.63, 3.8) is 0 Å². The Morgan fingerprint density at radius 2 is 1.89 bits per heavy atom. The van der Waals surface area contributed by atoms with E-state index < -0.39 is 10.0 Å². The van der Waals surface area contributed by atoms with E-state index >= 15 is 0 Å². The van der Waals surface area contributed by atoms with Gasteiger partial charge < -0.3 is 5.32 Å². The van der Waals surface area contributed by atoms with E-state index in [2.05, 4.69) is 17.0 Å². The molecule has 6 heteroatoms. The Morgan fingerprint density at radius 1 is 1.26 bits per heavy atom. The van der Waals surface area contributed by atoms with Gasteiger partial charge in [0.05, 0.1) is 4.90 Å². The summed E-state index contributed by atoms with van der Waals surface area (Å²) >= 11 is 1.74. The maximum absolute atomic E-state index is 12.0. The molecule has 2 N–H and O–H groups in total. The Hall–Kier alpha value is -0.720. The van der Waals surface area contributed by atoms with Gasteiger partial charge in [0.15, 0.2) is 0 Å². The number of anilines is 1. The van der Waals surface area contributed by atoms with Crippen LogP contribution < -0.4 is 10.0 Å². The molecular formula is C13H22N2O2S2. The van der Waals surface area contributed by atoms with Crippen LogP contribution in [-0.2, 0) is 10.0 Å². The summed E-state index contributed by atoms with van der Waals surface area (Å²) in [6.45, 7) is 5.37. The molecule has 0 aromatic heterocycles. The molecule has 0 aliphatic rings. The van der Waals surface area contributed by atoms with Crippen LogP contribution in [0.4, 0.5) is 5.69 Å². The van der Waals surface area contributed by atoms with Crippen LogP contribution >= 0.6 is 11.8 Å². The van der Waals surface area contributed by atoms with Crippen molar-refractivity contribution in [1.29, 1.82) is 0 Å². The van der Waals surface area contributed by atoms with E-state index in [4.69, 9.17) is 0 Å². The smallest absolute Gasteiger partial charge is 0.240 e. The summed E-state index contributed by atoms with van der Waals surface area (Å²) in [5.41, 5.74) is 0.928. The Bertz CT molecular complexity index is 472. The highest BCUT2D eigenvalue weighted by molar-refractivity contribution is 7.99. The minimum absolute atomic E-state index is 0.311. The van der Waals surface area contributed by atoms with Gasteiger partial charge in [0.25, 0.3) is 0 Å². The molecular weight excluding hydrogens is 280 g/mol. The molecule has 19 heavy (non-hydrogen) atoms. The summed E-state index contributed by atoms with van der Waals surface area (Å²) < 4.78 is 26.7. The molecule has 1 unspecified atom stereocenters. The van der Waals surface area contributed by atoms with Gasteiger partial charge in [-0.15, -0.1) is 0 Å². The molecule has 0 amide bonds. The van der Waals surface area contributed by atoms with Crippen molar-refractivity contribution in [2.24, 2.45) is 0 Å². The van der Waals surface area contributed by atoms with Gasteiger partial charge in [-0.05, 0) is 43.9 Å². The number of rotatable bonds is 8. The van der Waals surface area contributed by atoms with Gasteiger partial charge in [0.2, 0.25) is 10.0 Å². The minimum Gasteiger partial charge on any atom is -0.385 e. The third-order valence-corrected chi connectivity index (χ3v) is 5.31. The van der Waals surface area contributed by atoms with E-state index in [0.717, 1.165) is 18.7 Å². The molecule has 0 saturated carbocycles. The highest BCUT2D eigenvalue weighted by Crippen LogP contribution is 2.14. The Labute approximate surface area is 120 Å².